The molecule has 0 aliphatic carbocycles. The van der Waals surface area contributed by atoms with Crippen LogP contribution in [-0.4, -0.2) is 75.7 Å². The molecule has 0 radical (unpaired) electrons. The van der Waals surface area contributed by atoms with Crippen molar-refractivity contribution in [2.24, 2.45) is 0 Å². The Balaban J connectivity index is 0.909. The van der Waals surface area contributed by atoms with Crippen LogP contribution in [0.4, 0.5) is 0 Å². The fourth-order valence-corrected chi connectivity index (χ4v) is 6.20. The lowest BCUT2D eigenvalue weighted by Crippen LogP contribution is -2.42. The van der Waals surface area contributed by atoms with Gasteiger partial charge in [-0.05, 0) is 78.4 Å². The summed E-state index contributed by atoms with van der Waals surface area (Å²) in [5.41, 5.74) is 3.97. The molecule has 0 spiro atoms. The fourth-order valence-electron chi connectivity index (χ4n) is 5.86. The van der Waals surface area contributed by atoms with E-state index in [1.54, 1.807) is 18.3 Å². The standard InChI is InChI=1S/C34H38ClN5O5/c35-33-31-11-16-40(20-26(31)3-6-32(33)43-22-30-18-37-23-44-30)21-27(41)17-38-34(42)25-1-4-28(5-2-25)45-29-9-14-39(15-10-29)19-24-7-12-36-13-8-24/h1-8,12-13,18,23,27,29,41H,9-11,14-17,19-22H2,(H,38,42). The van der Waals surface area contributed by atoms with Crippen molar-refractivity contribution in [3.05, 3.63) is 107 Å². The van der Waals surface area contributed by atoms with E-state index >= 15 is 0 Å². The number of aliphatic hydroxyl groups excluding tert-OH is 1. The van der Waals surface area contributed by atoms with Gasteiger partial charge in [-0.1, -0.05) is 17.7 Å². The van der Waals surface area contributed by atoms with Gasteiger partial charge in [0.15, 0.2) is 12.2 Å². The van der Waals surface area contributed by atoms with Crippen molar-refractivity contribution in [3.8, 4) is 11.5 Å². The molecule has 236 valence electrons. The van der Waals surface area contributed by atoms with Crippen molar-refractivity contribution in [3.63, 3.8) is 0 Å². The highest BCUT2D eigenvalue weighted by atomic mass is 35.5. The molecular weight excluding hydrogens is 594 g/mol. The zero-order valence-corrected chi connectivity index (χ0v) is 25.9. The van der Waals surface area contributed by atoms with Crippen LogP contribution in [-0.2, 0) is 26.1 Å². The van der Waals surface area contributed by atoms with Crippen molar-refractivity contribution in [1.82, 2.24) is 25.1 Å². The van der Waals surface area contributed by atoms with Gasteiger partial charge < -0.3 is 24.3 Å². The molecule has 0 saturated carbocycles. The molecule has 4 heterocycles. The van der Waals surface area contributed by atoms with Crippen molar-refractivity contribution in [2.75, 3.05) is 32.7 Å². The maximum absolute atomic E-state index is 12.8. The molecule has 6 rings (SSSR count). The normalized spacial score (nSPS) is 16.6. The molecular formula is C34H38ClN5O5. The lowest BCUT2D eigenvalue weighted by atomic mass is 9.99. The first-order valence-electron chi connectivity index (χ1n) is 15.4. The number of fused-ring (bicyclic) bond motifs is 1. The second kappa shape index (κ2) is 14.9. The number of β-amino-alcohol motifs (C(OH)–C–C–N with tert-alkyl or cyclic N) is 1. The van der Waals surface area contributed by atoms with Crippen LogP contribution in [0.2, 0.25) is 5.02 Å². The highest BCUT2D eigenvalue weighted by molar-refractivity contribution is 6.33. The molecule has 2 aliphatic heterocycles. The fraction of sp³-hybridized carbons (Fsp3) is 0.382. The molecule has 1 fully saturated rings. The molecule has 1 unspecified atom stereocenters. The Morgan fingerprint density at radius 2 is 1.84 bits per heavy atom. The summed E-state index contributed by atoms with van der Waals surface area (Å²) < 4.78 is 17.2. The van der Waals surface area contributed by atoms with Gasteiger partial charge in [-0.2, -0.15) is 0 Å². The maximum Gasteiger partial charge on any atom is 0.251 e. The Morgan fingerprint density at radius 3 is 2.60 bits per heavy atom. The average molecular weight is 632 g/mol. The van der Waals surface area contributed by atoms with Gasteiger partial charge in [-0.3, -0.25) is 19.6 Å². The van der Waals surface area contributed by atoms with Gasteiger partial charge in [-0.15, -0.1) is 0 Å². The Kier molecular flexibility index (Phi) is 10.3. The van der Waals surface area contributed by atoms with Crippen molar-refractivity contribution in [2.45, 2.75) is 51.2 Å². The summed E-state index contributed by atoms with van der Waals surface area (Å²) in [5.74, 6) is 1.78. The first-order chi connectivity index (χ1) is 22.0. The van der Waals surface area contributed by atoms with Crippen LogP contribution in [0.5, 0.6) is 11.5 Å². The number of carbonyl (C=O) groups is 1. The largest absolute Gasteiger partial charge is 0.490 e. The SMILES string of the molecule is O=C(NCC(O)CN1CCc2c(ccc(OCc3cnco3)c2Cl)C1)c1ccc(OC2CCN(Cc3ccncc3)CC2)cc1. The highest BCUT2D eigenvalue weighted by Crippen LogP contribution is 2.34. The second-order valence-corrected chi connectivity index (χ2v) is 12.0. The molecule has 2 aromatic heterocycles. The Labute approximate surface area is 267 Å². The number of halogens is 1. The van der Waals surface area contributed by atoms with E-state index in [1.807, 2.05) is 36.7 Å². The predicted molar refractivity (Wildman–Crippen MR) is 169 cm³/mol. The quantitative estimate of drug-likeness (QED) is 0.233. The van der Waals surface area contributed by atoms with Crippen molar-refractivity contribution < 1.29 is 23.8 Å². The zero-order valence-electron chi connectivity index (χ0n) is 25.1. The summed E-state index contributed by atoms with van der Waals surface area (Å²) in [7, 11) is 0. The summed E-state index contributed by atoms with van der Waals surface area (Å²) in [6.07, 6.45) is 8.76. The maximum atomic E-state index is 12.8. The summed E-state index contributed by atoms with van der Waals surface area (Å²) in [5, 5.41) is 14.2. The Hall–Kier alpha value is -3.96. The minimum Gasteiger partial charge on any atom is -0.490 e. The van der Waals surface area contributed by atoms with Crippen LogP contribution in [0.25, 0.3) is 0 Å². The number of carbonyl (C=O) groups excluding carboxylic acids is 1. The van der Waals surface area contributed by atoms with Crippen LogP contribution in [0.1, 0.15) is 45.7 Å². The van der Waals surface area contributed by atoms with Crippen LogP contribution < -0.4 is 14.8 Å². The molecule has 1 saturated heterocycles. The van der Waals surface area contributed by atoms with Gasteiger partial charge in [0, 0.05) is 63.8 Å². The lowest BCUT2D eigenvalue weighted by Gasteiger charge is -2.32. The number of likely N-dealkylation sites (tertiary alicyclic amines) is 1. The van der Waals surface area contributed by atoms with Gasteiger partial charge >= 0.3 is 0 Å². The first-order valence-corrected chi connectivity index (χ1v) is 15.7. The molecule has 1 amide bonds. The minimum absolute atomic E-state index is 0.159. The third kappa shape index (κ3) is 8.40. The smallest absolute Gasteiger partial charge is 0.251 e. The van der Waals surface area contributed by atoms with Gasteiger partial charge in [-0.25, -0.2) is 4.98 Å². The number of amides is 1. The molecule has 2 N–H and O–H groups in total. The lowest BCUT2D eigenvalue weighted by molar-refractivity contribution is 0.0841. The second-order valence-electron chi connectivity index (χ2n) is 11.6. The topological polar surface area (TPSA) is 113 Å². The van der Waals surface area contributed by atoms with Gasteiger partial charge in [0.25, 0.3) is 5.91 Å². The summed E-state index contributed by atoms with van der Waals surface area (Å²) in [6, 6.07) is 15.2. The molecule has 4 aromatic rings. The number of nitrogens with zero attached hydrogens (tertiary/aromatic N) is 4. The number of oxazole rings is 1. The predicted octanol–water partition coefficient (Wildman–Crippen LogP) is 4.49. The number of hydrogen-bond acceptors (Lipinski definition) is 9. The number of nitrogens with one attached hydrogen (secondary N) is 1. The average Bonchev–Trinajstić information content (AvgIpc) is 3.59. The third-order valence-corrected chi connectivity index (χ3v) is 8.72. The van der Waals surface area contributed by atoms with Crippen LogP contribution in [0.3, 0.4) is 0 Å². The first kappa shape index (κ1) is 31.0. The van der Waals surface area contributed by atoms with Crippen LogP contribution >= 0.6 is 11.6 Å². The molecule has 2 aliphatic rings. The van der Waals surface area contributed by atoms with Crippen molar-refractivity contribution in [1.29, 1.82) is 0 Å². The molecule has 0 bridgehead atoms. The number of hydrogen-bond donors (Lipinski definition) is 2. The van der Waals surface area contributed by atoms with E-state index in [9.17, 15) is 9.90 Å². The number of aliphatic hydroxyl groups is 1. The summed E-state index contributed by atoms with van der Waals surface area (Å²) in [6.45, 7) is 5.15. The number of aromatic nitrogens is 2. The molecule has 45 heavy (non-hydrogen) atoms. The van der Waals surface area contributed by atoms with Gasteiger partial charge in [0.2, 0.25) is 0 Å². The van der Waals surface area contributed by atoms with E-state index in [2.05, 4.69) is 37.2 Å². The van der Waals surface area contributed by atoms with E-state index in [1.165, 1.54) is 12.0 Å². The molecule has 11 heteroatoms. The number of ether oxygens (including phenoxy) is 2. The number of rotatable bonds is 12. The molecule has 10 nitrogen and oxygen atoms in total. The zero-order chi connectivity index (χ0) is 31.0. The third-order valence-electron chi connectivity index (χ3n) is 8.31. The molecule has 1 atom stereocenters. The summed E-state index contributed by atoms with van der Waals surface area (Å²) in [4.78, 5) is 25.4. The number of piperidine rings is 1. The monoisotopic (exact) mass is 631 g/mol. The van der Waals surface area contributed by atoms with Crippen LogP contribution in [0, 0.1) is 0 Å². The Morgan fingerprint density at radius 1 is 1.04 bits per heavy atom. The number of pyridine rings is 1. The highest BCUT2D eigenvalue weighted by Gasteiger charge is 2.24. The van der Waals surface area contributed by atoms with Gasteiger partial charge in [0.1, 0.15) is 24.2 Å². The van der Waals surface area contributed by atoms with Gasteiger partial charge in [0.05, 0.1) is 17.3 Å². The van der Waals surface area contributed by atoms with E-state index in [4.69, 9.17) is 25.5 Å². The number of benzene rings is 2. The summed E-state index contributed by atoms with van der Waals surface area (Å²) >= 11 is 6.65. The minimum atomic E-state index is -0.706. The van der Waals surface area contributed by atoms with E-state index in [0.717, 1.165) is 62.3 Å². The van der Waals surface area contributed by atoms with Crippen LogP contribution in [0.15, 0.2) is 77.9 Å². The van der Waals surface area contributed by atoms with E-state index < -0.39 is 6.10 Å². The Bertz CT molecular complexity index is 1530. The van der Waals surface area contributed by atoms with E-state index in [0.29, 0.717) is 35.2 Å². The van der Waals surface area contributed by atoms with E-state index in [-0.39, 0.29) is 25.2 Å². The van der Waals surface area contributed by atoms with Crippen molar-refractivity contribution >= 4 is 17.5 Å². The molecule has 2 aromatic carbocycles.